The van der Waals surface area contributed by atoms with Gasteiger partial charge in [0.2, 0.25) is 0 Å². The second-order valence-electron chi connectivity index (χ2n) is 9.42. The van der Waals surface area contributed by atoms with Crippen LogP contribution in [0.5, 0.6) is 0 Å². The first-order valence-corrected chi connectivity index (χ1v) is 10.5. The highest BCUT2D eigenvalue weighted by atomic mass is 19.1. The van der Waals surface area contributed by atoms with Crippen LogP contribution < -0.4 is 0 Å². The third-order valence-electron chi connectivity index (χ3n) is 6.22. The van der Waals surface area contributed by atoms with Gasteiger partial charge in [0.15, 0.2) is 0 Å². The number of halogens is 1. The van der Waals surface area contributed by atoms with Gasteiger partial charge in [0.25, 0.3) is 0 Å². The fourth-order valence-corrected chi connectivity index (χ4v) is 4.77. The molecule has 1 saturated heterocycles. The normalized spacial score (nSPS) is 23.0. The molecule has 8 heteroatoms. The van der Waals surface area contributed by atoms with Gasteiger partial charge in [-0.1, -0.05) is 0 Å². The molecule has 2 aromatic rings. The van der Waals surface area contributed by atoms with E-state index in [2.05, 4.69) is 5.10 Å². The van der Waals surface area contributed by atoms with Crippen LogP contribution in [0.1, 0.15) is 38.4 Å². The van der Waals surface area contributed by atoms with Gasteiger partial charge >= 0.3 is 12.1 Å². The maximum absolute atomic E-state index is 13.3. The summed E-state index contributed by atoms with van der Waals surface area (Å²) in [5, 5.41) is 4.51. The second kappa shape index (κ2) is 7.66. The standard InChI is InChI=1S/C23H28FN3O4/c1-22(2,3)31-21(29)26-10-9-16-11-19-15(12-23(16,14-26)20(28)30-4)13-25-27(19)18-7-5-17(24)6-8-18/h5-8,13,16H,9-12,14H2,1-4H3. The number of carbonyl (C=O) groups excluding carboxylic acids is 2. The zero-order valence-corrected chi connectivity index (χ0v) is 18.4. The minimum absolute atomic E-state index is 0.00188. The van der Waals surface area contributed by atoms with Crippen molar-refractivity contribution in [3.8, 4) is 5.69 Å². The lowest BCUT2D eigenvalue weighted by atomic mass is 9.62. The van der Waals surface area contributed by atoms with E-state index >= 15 is 0 Å². The molecule has 0 spiro atoms. The van der Waals surface area contributed by atoms with E-state index in [-0.39, 0.29) is 24.2 Å². The Morgan fingerprint density at radius 3 is 2.58 bits per heavy atom. The molecule has 7 nitrogen and oxygen atoms in total. The van der Waals surface area contributed by atoms with Crippen LogP contribution in [0.25, 0.3) is 5.69 Å². The Hall–Kier alpha value is -2.90. The highest BCUT2D eigenvalue weighted by molar-refractivity contribution is 5.80. The van der Waals surface area contributed by atoms with Gasteiger partial charge in [0.05, 0.1) is 24.4 Å². The Morgan fingerprint density at radius 1 is 1.23 bits per heavy atom. The number of piperidine rings is 1. The fourth-order valence-electron chi connectivity index (χ4n) is 4.77. The smallest absolute Gasteiger partial charge is 0.410 e. The molecule has 1 amide bonds. The van der Waals surface area contributed by atoms with Crippen molar-refractivity contribution in [2.75, 3.05) is 20.2 Å². The van der Waals surface area contributed by atoms with Crippen molar-refractivity contribution in [3.63, 3.8) is 0 Å². The Balaban J connectivity index is 1.66. The molecule has 4 rings (SSSR count). The molecule has 31 heavy (non-hydrogen) atoms. The number of hydrogen-bond donors (Lipinski definition) is 0. The van der Waals surface area contributed by atoms with Crippen molar-refractivity contribution in [1.82, 2.24) is 14.7 Å². The van der Waals surface area contributed by atoms with Gasteiger partial charge in [0, 0.05) is 18.8 Å². The number of ether oxygens (including phenoxy) is 2. The van der Waals surface area contributed by atoms with Crippen LogP contribution in [0.15, 0.2) is 30.5 Å². The zero-order chi connectivity index (χ0) is 22.4. The predicted molar refractivity (Wildman–Crippen MR) is 111 cm³/mol. The number of nitrogens with zero attached hydrogens (tertiary/aromatic N) is 3. The number of rotatable bonds is 2. The molecular formula is C23H28FN3O4. The number of hydrogen-bond acceptors (Lipinski definition) is 5. The summed E-state index contributed by atoms with van der Waals surface area (Å²) in [7, 11) is 1.39. The fraction of sp³-hybridized carbons (Fsp3) is 0.522. The summed E-state index contributed by atoms with van der Waals surface area (Å²) in [6, 6.07) is 6.19. The summed E-state index contributed by atoms with van der Waals surface area (Å²) in [6.07, 6.45) is 3.06. The van der Waals surface area contributed by atoms with Crippen molar-refractivity contribution in [1.29, 1.82) is 0 Å². The molecule has 2 heterocycles. The van der Waals surface area contributed by atoms with Crippen LogP contribution >= 0.6 is 0 Å². The van der Waals surface area contributed by atoms with Gasteiger partial charge in [-0.3, -0.25) is 4.79 Å². The average molecular weight is 429 g/mol. The van der Waals surface area contributed by atoms with Crippen LogP contribution in [-0.2, 0) is 27.1 Å². The number of carbonyl (C=O) groups is 2. The van der Waals surface area contributed by atoms with E-state index in [9.17, 15) is 14.0 Å². The van der Waals surface area contributed by atoms with Gasteiger partial charge in [-0.15, -0.1) is 0 Å². The summed E-state index contributed by atoms with van der Waals surface area (Å²) < 4.78 is 25.9. The number of benzene rings is 1. The van der Waals surface area contributed by atoms with Crippen LogP contribution in [0.4, 0.5) is 9.18 Å². The Kier molecular flexibility index (Phi) is 5.27. The molecule has 1 aromatic heterocycles. The van der Waals surface area contributed by atoms with Gasteiger partial charge in [-0.2, -0.15) is 5.10 Å². The number of likely N-dealkylation sites (tertiary alicyclic amines) is 1. The molecular weight excluding hydrogens is 401 g/mol. The Bertz CT molecular complexity index is 995. The second-order valence-corrected chi connectivity index (χ2v) is 9.42. The number of amides is 1. The van der Waals surface area contributed by atoms with E-state index in [1.807, 2.05) is 25.5 Å². The first-order valence-electron chi connectivity index (χ1n) is 10.5. The maximum atomic E-state index is 13.3. The summed E-state index contributed by atoms with van der Waals surface area (Å²) in [5.41, 5.74) is 1.29. The minimum atomic E-state index is -0.840. The summed E-state index contributed by atoms with van der Waals surface area (Å²) >= 11 is 0. The van der Waals surface area contributed by atoms with Gasteiger partial charge in [-0.25, -0.2) is 13.9 Å². The highest BCUT2D eigenvalue weighted by Gasteiger charge is 2.54. The van der Waals surface area contributed by atoms with E-state index in [1.54, 1.807) is 23.2 Å². The van der Waals surface area contributed by atoms with Crippen molar-refractivity contribution >= 4 is 12.1 Å². The Labute approximate surface area is 181 Å². The lowest BCUT2D eigenvalue weighted by Crippen LogP contribution is -2.58. The van der Waals surface area contributed by atoms with E-state index < -0.39 is 17.1 Å². The van der Waals surface area contributed by atoms with Crippen molar-refractivity contribution in [2.24, 2.45) is 11.3 Å². The van der Waals surface area contributed by atoms with Crippen LogP contribution in [-0.4, -0.2) is 52.5 Å². The largest absolute Gasteiger partial charge is 0.469 e. The first kappa shape index (κ1) is 21.3. The SMILES string of the molecule is COC(=O)C12Cc3cnn(-c4ccc(F)cc4)c3CC1CCN(C(=O)OC(C)(C)C)C2. The topological polar surface area (TPSA) is 73.7 Å². The van der Waals surface area contributed by atoms with E-state index in [0.29, 0.717) is 25.8 Å². The molecule has 1 fully saturated rings. The number of esters is 1. The molecule has 0 radical (unpaired) electrons. The van der Waals surface area contributed by atoms with E-state index in [4.69, 9.17) is 9.47 Å². The van der Waals surface area contributed by atoms with Crippen molar-refractivity contribution in [3.05, 3.63) is 47.5 Å². The number of fused-ring (bicyclic) bond motifs is 2. The molecule has 0 bridgehead atoms. The van der Waals surface area contributed by atoms with Gasteiger partial charge in [0.1, 0.15) is 11.4 Å². The van der Waals surface area contributed by atoms with Crippen LogP contribution in [0, 0.1) is 17.2 Å². The average Bonchev–Trinajstić information content (AvgIpc) is 3.12. The maximum Gasteiger partial charge on any atom is 0.410 e. The predicted octanol–water partition coefficient (Wildman–Crippen LogP) is 3.53. The first-order chi connectivity index (χ1) is 14.6. The molecule has 0 N–H and O–H groups in total. The molecule has 2 aliphatic rings. The Morgan fingerprint density at radius 2 is 1.94 bits per heavy atom. The number of aromatic nitrogens is 2. The summed E-state index contributed by atoms with van der Waals surface area (Å²) in [5.74, 6) is -0.614. The summed E-state index contributed by atoms with van der Waals surface area (Å²) in [6.45, 7) is 6.23. The highest BCUT2D eigenvalue weighted by Crippen LogP contribution is 2.46. The van der Waals surface area contributed by atoms with E-state index in [0.717, 1.165) is 16.9 Å². The molecule has 2 atom stereocenters. The third-order valence-corrected chi connectivity index (χ3v) is 6.22. The lowest BCUT2D eigenvalue weighted by Gasteiger charge is -2.48. The molecule has 166 valence electrons. The lowest BCUT2D eigenvalue weighted by molar-refractivity contribution is -0.161. The van der Waals surface area contributed by atoms with Crippen molar-refractivity contribution in [2.45, 2.75) is 45.6 Å². The molecule has 0 saturated carbocycles. The van der Waals surface area contributed by atoms with Gasteiger partial charge in [-0.05, 0) is 75.8 Å². The zero-order valence-electron chi connectivity index (χ0n) is 18.4. The molecule has 2 unspecified atom stereocenters. The molecule has 1 aliphatic heterocycles. The molecule has 1 aromatic carbocycles. The van der Waals surface area contributed by atoms with Crippen LogP contribution in [0.3, 0.4) is 0 Å². The third kappa shape index (κ3) is 3.91. The van der Waals surface area contributed by atoms with Gasteiger partial charge < -0.3 is 14.4 Å². The molecule has 1 aliphatic carbocycles. The van der Waals surface area contributed by atoms with Crippen molar-refractivity contribution < 1.29 is 23.5 Å². The number of methoxy groups -OCH3 is 1. The van der Waals surface area contributed by atoms with E-state index in [1.165, 1.54) is 19.2 Å². The quantitative estimate of drug-likeness (QED) is 0.683. The minimum Gasteiger partial charge on any atom is -0.469 e. The monoisotopic (exact) mass is 429 g/mol. The summed E-state index contributed by atoms with van der Waals surface area (Å²) in [4.78, 5) is 27.4. The van der Waals surface area contributed by atoms with Crippen LogP contribution in [0.2, 0.25) is 0 Å².